The standard InChI is InChI=1S/C22H20N6/c1-2-5-16(6-3-1)11-21-25-20-14-24-13-18(20)22(26-21)19-8-10-28(27-19)15-17-7-4-9-23-12-17/h1-10,12,24H,11,13-15H2. The van der Waals surface area contributed by atoms with Crippen LogP contribution in [0.1, 0.15) is 28.2 Å². The van der Waals surface area contributed by atoms with Gasteiger partial charge >= 0.3 is 0 Å². The second-order valence-corrected chi connectivity index (χ2v) is 6.94. The molecule has 0 amide bonds. The number of pyridine rings is 1. The van der Waals surface area contributed by atoms with Crippen LogP contribution in [0.2, 0.25) is 0 Å². The van der Waals surface area contributed by atoms with Crippen molar-refractivity contribution in [2.45, 2.75) is 26.1 Å². The maximum atomic E-state index is 4.89. The van der Waals surface area contributed by atoms with Gasteiger partial charge in [0.15, 0.2) is 0 Å². The molecule has 0 spiro atoms. The van der Waals surface area contributed by atoms with Crippen molar-refractivity contribution >= 4 is 0 Å². The van der Waals surface area contributed by atoms with Gasteiger partial charge in [0.1, 0.15) is 11.5 Å². The molecule has 1 N–H and O–H groups in total. The van der Waals surface area contributed by atoms with Gasteiger partial charge in [0.2, 0.25) is 0 Å². The molecule has 4 aromatic rings. The molecule has 0 unspecified atom stereocenters. The fraction of sp³-hybridized carbons (Fsp3) is 0.182. The Hall–Kier alpha value is -3.38. The Morgan fingerprint density at radius 1 is 0.929 bits per heavy atom. The van der Waals surface area contributed by atoms with Crippen molar-refractivity contribution in [3.63, 3.8) is 0 Å². The van der Waals surface area contributed by atoms with Crippen molar-refractivity contribution in [3.8, 4) is 11.4 Å². The van der Waals surface area contributed by atoms with E-state index in [-0.39, 0.29) is 0 Å². The predicted molar refractivity (Wildman–Crippen MR) is 106 cm³/mol. The minimum Gasteiger partial charge on any atom is -0.307 e. The van der Waals surface area contributed by atoms with E-state index in [9.17, 15) is 0 Å². The van der Waals surface area contributed by atoms with E-state index in [4.69, 9.17) is 15.1 Å². The quantitative estimate of drug-likeness (QED) is 0.587. The molecule has 0 radical (unpaired) electrons. The average molecular weight is 368 g/mol. The third kappa shape index (κ3) is 3.42. The van der Waals surface area contributed by atoms with Crippen molar-refractivity contribution < 1.29 is 0 Å². The molecule has 1 aliphatic heterocycles. The van der Waals surface area contributed by atoms with Crippen LogP contribution in [0, 0.1) is 0 Å². The molecule has 0 atom stereocenters. The van der Waals surface area contributed by atoms with Gasteiger partial charge < -0.3 is 5.32 Å². The minimum atomic E-state index is 0.691. The number of rotatable bonds is 5. The lowest BCUT2D eigenvalue weighted by molar-refractivity contribution is 0.686. The third-order valence-electron chi connectivity index (χ3n) is 4.89. The molecular formula is C22H20N6. The molecule has 138 valence electrons. The average Bonchev–Trinajstić information content (AvgIpc) is 3.38. The summed E-state index contributed by atoms with van der Waals surface area (Å²) in [6.45, 7) is 2.25. The monoisotopic (exact) mass is 368 g/mol. The number of nitrogens with zero attached hydrogens (tertiary/aromatic N) is 5. The molecule has 4 heterocycles. The van der Waals surface area contributed by atoms with Gasteiger partial charge in [-0.15, -0.1) is 0 Å². The van der Waals surface area contributed by atoms with E-state index in [1.54, 1.807) is 6.20 Å². The van der Waals surface area contributed by atoms with Gasteiger partial charge in [-0.2, -0.15) is 5.10 Å². The van der Waals surface area contributed by atoms with E-state index < -0.39 is 0 Å². The zero-order valence-electron chi connectivity index (χ0n) is 15.4. The molecule has 0 saturated heterocycles. The van der Waals surface area contributed by atoms with Crippen molar-refractivity contribution in [3.05, 3.63) is 95.3 Å². The molecule has 0 saturated carbocycles. The zero-order valence-corrected chi connectivity index (χ0v) is 15.4. The highest BCUT2D eigenvalue weighted by atomic mass is 15.3. The van der Waals surface area contributed by atoms with Gasteiger partial charge in [-0.1, -0.05) is 36.4 Å². The lowest BCUT2D eigenvalue weighted by Crippen LogP contribution is -2.05. The Labute approximate surface area is 163 Å². The number of fused-ring (bicyclic) bond motifs is 1. The summed E-state index contributed by atoms with van der Waals surface area (Å²) in [4.78, 5) is 13.9. The zero-order chi connectivity index (χ0) is 18.8. The second-order valence-electron chi connectivity index (χ2n) is 6.94. The van der Waals surface area contributed by atoms with Crippen LogP contribution in [0.4, 0.5) is 0 Å². The van der Waals surface area contributed by atoms with Gasteiger partial charge in [-0.05, 0) is 23.3 Å². The molecule has 0 bridgehead atoms. The highest BCUT2D eigenvalue weighted by Crippen LogP contribution is 2.26. The van der Waals surface area contributed by atoms with Crippen LogP contribution in [0.25, 0.3) is 11.4 Å². The van der Waals surface area contributed by atoms with Crippen LogP contribution < -0.4 is 5.32 Å². The molecule has 1 aromatic carbocycles. The summed E-state index contributed by atoms with van der Waals surface area (Å²) >= 11 is 0. The summed E-state index contributed by atoms with van der Waals surface area (Å²) < 4.78 is 1.93. The highest BCUT2D eigenvalue weighted by Gasteiger charge is 2.21. The summed E-state index contributed by atoms with van der Waals surface area (Å²) in [5, 5.41) is 8.16. The van der Waals surface area contributed by atoms with Crippen LogP contribution in [-0.4, -0.2) is 24.7 Å². The number of benzene rings is 1. The number of hydrogen-bond acceptors (Lipinski definition) is 5. The number of nitrogens with one attached hydrogen (secondary N) is 1. The van der Waals surface area contributed by atoms with Crippen molar-refractivity contribution in [1.29, 1.82) is 0 Å². The smallest absolute Gasteiger partial charge is 0.133 e. The molecule has 0 fully saturated rings. The van der Waals surface area contributed by atoms with Gasteiger partial charge in [0, 0.05) is 43.7 Å². The molecule has 0 aliphatic carbocycles. The van der Waals surface area contributed by atoms with Crippen molar-refractivity contribution in [2.24, 2.45) is 0 Å². The Morgan fingerprint density at radius 2 is 1.82 bits per heavy atom. The first-order chi connectivity index (χ1) is 13.8. The van der Waals surface area contributed by atoms with Crippen LogP contribution in [0.3, 0.4) is 0 Å². The van der Waals surface area contributed by atoms with Gasteiger partial charge in [-0.3, -0.25) is 9.67 Å². The van der Waals surface area contributed by atoms with E-state index in [2.05, 4.69) is 28.5 Å². The van der Waals surface area contributed by atoms with Gasteiger partial charge in [0.25, 0.3) is 0 Å². The maximum absolute atomic E-state index is 4.89. The van der Waals surface area contributed by atoms with Crippen LogP contribution in [0.5, 0.6) is 0 Å². The summed E-state index contributed by atoms with van der Waals surface area (Å²) in [7, 11) is 0. The van der Waals surface area contributed by atoms with Gasteiger partial charge in [-0.25, -0.2) is 9.97 Å². The first-order valence-corrected chi connectivity index (χ1v) is 9.41. The van der Waals surface area contributed by atoms with E-state index in [1.165, 1.54) is 5.56 Å². The normalized spacial score (nSPS) is 12.9. The molecule has 6 heteroatoms. The van der Waals surface area contributed by atoms with Crippen molar-refractivity contribution in [2.75, 3.05) is 0 Å². The third-order valence-corrected chi connectivity index (χ3v) is 4.89. The minimum absolute atomic E-state index is 0.691. The van der Waals surface area contributed by atoms with Crippen LogP contribution >= 0.6 is 0 Å². The SMILES string of the molecule is c1ccc(Cc2nc3c(c(-c4ccn(Cc5cccnc5)n4)n2)CNC3)cc1. The Balaban J connectivity index is 1.47. The lowest BCUT2D eigenvalue weighted by Gasteiger charge is -2.08. The second kappa shape index (κ2) is 7.32. The van der Waals surface area contributed by atoms with Gasteiger partial charge in [0.05, 0.1) is 17.9 Å². The van der Waals surface area contributed by atoms with Crippen molar-refractivity contribution in [1.82, 2.24) is 30.0 Å². The molecule has 5 rings (SSSR count). The molecule has 1 aliphatic rings. The Morgan fingerprint density at radius 3 is 2.68 bits per heavy atom. The number of hydrogen-bond donors (Lipinski definition) is 1. The summed E-state index contributed by atoms with van der Waals surface area (Å²) in [6, 6.07) is 16.4. The summed E-state index contributed by atoms with van der Waals surface area (Å²) in [5.74, 6) is 0.838. The first-order valence-electron chi connectivity index (χ1n) is 9.41. The maximum Gasteiger partial charge on any atom is 0.133 e. The molecule has 6 nitrogen and oxygen atoms in total. The predicted octanol–water partition coefficient (Wildman–Crippen LogP) is 2.98. The Kier molecular flexibility index (Phi) is 4.39. The fourth-order valence-electron chi connectivity index (χ4n) is 3.54. The summed E-state index contributed by atoms with van der Waals surface area (Å²) in [5.41, 5.74) is 6.39. The highest BCUT2D eigenvalue weighted by molar-refractivity contribution is 5.60. The Bertz CT molecular complexity index is 1090. The van der Waals surface area contributed by atoms with Crippen LogP contribution in [-0.2, 0) is 26.1 Å². The van der Waals surface area contributed by atoms with E-state index >= 15 is 0 Å². The number of aromatic nitrogens is 5. The fourth-order valence-corrected chi connectivity index (χ4v) is 3.54. The molecular weight excluding hydrogens is 348 g/mol. The first kappa shape index (κ1) is 16.8. The molecule has 3 aromatic heterocycles. The topological polar surface area (TPSA) is 68.5 Å². The van der Waals surface area contributed by atoms with E-state index in [1.807, 2.05) is 47.4 Å². The van der Waals surface area contributed by atoms with E-state index in [0.717, 1.165) is 53.5 Å². The largest absolute Gasteiger partial charge is 0.307 e. The lowest BCUT2D eigenvalue weighted by atomic mass is 10.1. The summed E-state index contributed by atoms with van der Waals surface area (Å²) in [6.07, 6.45) is 6.36. The molecule has 28 heavy (non-hydrogen) atoms. The van der Waals surface area contributed by atoms with Crippen LogP contribution in [0.15, 0.2) is 67.1 Å². The van der Waals surface area contributed by atoms with E-state index in [0.29, 0.717) is 6.54 Å².